The fourth-order valence-electron chi connectivity index (χ4n) is 0.910. The summed E-state index contributed by atoms with van der Waals surface area (Å²) >= 11 is 9.62. The van der Waals surface area contributed by atoms with Crippen molar-refractivity contribution in [2.45, 2.75) is 11.8 Å². The molecule has 82 valence electrons. The topological polar surface area (TPSA) is 38.3 Å². The molecule has 0 aromatic heterocycles. The highest BCUT2D eigenvalue weighted by Gasteiger charge is 2.09. The van der Waals surface area contributed by atoms with E-state index in [4.69, 9.17) is 11.6 Å². The van der Waals surface area contributed by atoms with Gasteiger partial charge in [-0.1, -0.05) is 11.6 Å². The minimum Gasteiger partial charge on any atom is -0.450 e. The molecule has 1 N–H and O–H groups in total. The van der Waals surface area contributed by atoms with Crippen LogP contribution in [0.3, 0.4) is 0 Å². The molecule has 0 aliphatic rings. The van der Waals surface area contributed by atoms with Crippen molar-refractivity contribution < 1.29 is 13.9 Å². The lowest BCUT2D eigenvalue weighted by Gasteiger charge is -2.07. The second kappa shape index (κ2) is 5.23. The second-order valence-corrected chi connectivity index (χ2v) is 3.52. The van der Waals surface area contributed by atoms with Crippen LogP contribution in [-0.2, 0) is 4.74 Å². The number of benzene rings is 1. The third-order valence-electron chi connectivity index (χ3n) is 1.55. The van der Waals surface area contributed by atoms with Gasteiger partial charge < -0.3 is 4.74 Å². The van der Waals surface area contributed by atoms with Crippen LogP contribution in [0.1, 0.15) is 6.92 Å². The van der Waals surface area contributed by atoms with Gasteiger partial charge in [0, 0.05) is 4.90 Å². The first-order chi connectivity index (χ1) is 7.04. The van der Waals surface area contributed by atoms with Gasteiger partial charge in [0.15, 0.2) is 0 Å². The molecule has 0 radical (unpaired) electrons. The fourth-order valence-corrected chi connectivity index (χ4v) is 1.25. The average Bonchev–Trinajstić information content (AvgIpc) is 2.14. The van der Waals surface area contributed by atoms with E-state index in [1.54, 1.807) is 6.92 Å². The van der Waals surface area contributed by atoms with Crippen LogP contribution in [0.2, 0.25) is 5.02 Å². The number of thiol groups is 1. The van der Waals surface area contributed by atoms with Crippen molar-refractivity contribution in [3.8, 4) is 0 Å². The minimum absolute atomic E-state index is 0.0112. The van der Waals surface area contributed by atoms with E-state index in [1.807, 2.05) is 0 Å². The van der Waals surface area contributed by atoms with E-state index in [-0.39, 0.29) is 17.3 Å². The van der Waals surface area contributed by atoms with Crippen molar-refractivity contribution in [2.75, 3.05) is 11.9 Å². The summed E-state index contributed by atoms with van der Waals surface area (Å²) < 4.78 is 17.8. The molecule has 0 unspecified atom stereocenters. The highest BCUT2D eigenvalue weighted by atomic mass is 35.5. The van der Waals surface area contributed by atoms with Gasteiger partial charge in [-0.2, -0.15) is 0 Å². The third kappa shape index (κ3) is 3.28. The molecule has 0 saturated heterocycles. The van der Waals surface area contributed by atoms with Crippen LogP contribution in [0.15, 0.2) is 17.0 Å². The van der Waals surface area contributed by atoms with E-state index >= 15 is 0 Å². The number of ether oxygens (including phenoxy) is 1. The standard InChI is InChI=1S/C9H9ClFNO2S/c1-2-14-9(13)12-7-4-8(15)5(10)3-6(7)11/h3-4,15H,2H2,1H3,(H,12,13). The zero-order valence-corrected chi connectivity index (χ0v) is 9.53. The number of hydrogen-bond donors (Lipinski definition) is 2. The predicted molar refractivity (Wildman–Crippen MR) is 59.3 cm³/mol. The summed E-state index contributed by atoms with van der Waals surface area (Å²) in [5, 5.41) is 2.42. The number of carbonyl (C=O) groups excluding carboxylic acids is 1. The van der Waals surface area contributed by atoms with Gasteiger partial charge in [0.2, 0.25) is 0 Å². The molecular weight excluding hydrogens is 241 g/mol. The number of hydrogen-bond acceptors (Lipinski definition) is 3. The lowest BCUT2D eigenvalue weighted by atomic mass is 10.3. The number of rotatable bonds is 2. The number of halogens is 2. The summed E-state index contributed by atoms with van der Waals surface area (Å²) in [6.45, 7) is 1.87. The maximum Gasteiger partial charge on any atom is 0.411 e. The molecule has 0 heterocycles. The second-order valence-electron chi connectivity index (χ2n) is 2.63. The van der Waals surface area contributed by atoms with Gasteiger partial charge in [0.25, 0.3) is 0 Å². The molecule has 0 atom stereocenters. The Morgan fingerprint density at radius 2 is 2.33 bits per heavy atom. The molecule has 6 heteroatoms. The molecule has 1 aromatic rings. The van der Waals surface area contributed by atoms with Gasteiger partial charge >= 0.3 is 6.09 Å². The molecule has 0 bridgehead atoms. The van der Waals surface area contributed by atoms with Gasteiger partial charge in [0.1, 0.15) is 5.82 Å². The van der Waals surface area contributed by atoms with Crippen LogP contribution in [-0.4, -0.2) is 12.7 Å². The Bertz CT molecular complexity index is 387. The quantitative estimate of drug-likeness (QED) is 0.789. The Hall–Kier alpha value is -0.940. The van der Waals surface area contributed by atoms with Crippen LogP contribution in [0, 0.1) is 5.82 Å². The molecule has 0 saturated carbocycles. The summed E-state index contributed by atoms with van der Waals surface area (Å²) in [6.07, 6.45) is -0.716. The molecule has 1 aromatic carbocycles. The predicted octanol–water partition coefficient (Wildman–Crippen LogP) is 3.34. The Morgan fingerprint density at radius 1 is 1.67 bits per heavy atom. The van der Waals surface area contributed by atoms with E-state index in [0.29, 0.717) is 4.90 Å². The summed E-state index contributed by atoms with van der Waals surface area (Å²) in [5.74, 6) is -0.633. The van der Waals surface area contributed by atoms with Gasteiger partial charge in [-0.15, -0.1) is 12.6 Å². The molecule has 0 aliphatic heterocycles. The lowest BCUT2D eigenvalue weighted by molar-refractivity contribution is 0.168. The van der Waals surface area contributed by atoms with E-state index in [2.05, 4.69) is 22.7 Å². The fraction of sp³-hybridized carbons (Fsp3) is 0.222. The van der Waals surface area contributed by atoms with Gasteiger partial charge in [-0.3, -0.25) is 5.32 Å². The largest absolute Gasteiger partial charge is 0.450 e. The molecule has 0 spiro atoms. The van der Waals surface area contributed by atoms with Gasteiger partial charge in [-0.25, -0.2) is 9.18 Å². The number of nitrogens with one attached hydrogen (secondary N) is 1. The van der Waals surface area contributed by atoms with Crippen molar-refractivity contribution in [1.82, 2.24) is 0 Å². The van der Waals surface area contributed by atoms with Crippen molar-refractivity contribution in [2.24, 2.45) is 0 Å². The summed E-state index contributed by atoms with van der Waals surface area (Å²) in [6, 6.07) is 2.39. The maximum atomic E-state index is 13.2. The maximum absolute atomic E-state index is 13.2. The Morgan fingerprint density at radius 3 is 2.93 bits per heavy atom. The molecular formula is C9H9ClFNO2S. The van der Waals surface area contributed by atoms with Crippen LogP contribution in [0.5, 0.6) is 0 Å². The Balaban J connectivity index is 2.86. The number of amides is 1. The van der Waals surface area contributed by atoms with Crippen LogP contribution < -0.4 is 5.32 Å². The van der Waals surface area contributed by atoms with E-state index in [0.717, 1.165) is 6.07 Å². The highest BCUT2D eigenvalue weighted by molar-refractivity contribution is 7.80. The third-order valence-corrected chi connectivity index (χ3v) is 2.36. The van der Waals surface area contributed by atoms with E-state index < -0.39 is 11.9 Å². The minimum atomic E-state index is -0.716. The smallest absolute Gasteiger partial charge is 0.411 e. The SMILES string of the molecule is CCOC(=O)Nc1cc(S)c(Cl)cc1F. The number of carbonyl (C=O) groups is 1. The van der Waals surface area contributed by atoms with Gasteiger partial charge in [-0.05, 0) is 19.1 Å². The Kier molecular flexibility index (Phi) is 4.23. The summed E-state index contributed by atoms with van der Waals surface area (Å²) in [4.78, 5) is 11.4. The lowest BCUT2D eigenvalue weighted by Crippen LogP contribution is -2.14. The van der Waals surface area contributed by atoms with E-state index in [1.165, 1.54) is 6.07 Å². The van der Waals surface area contributed by atoms with Crippen LogP contribution in [0.25, 0.3) is 0 Å². The van der Waals surface area contributed by atoms with Crippen LogP contribution in [0.4, 0.5) is 14.9 Å². The molecule has 1 rings (SSSR count). The van der Waals surface area contributed by atoms with Crippen molar-refractivity contribution in [3.05, 3.63) is 23.0 Å². The van der Waals surface area contributed by atoms with Gasteiger partial charge in [0.05, 0.1) is 17.3 Å². The molecule has 0 fully saturated rings. The first-order valence-corrected chi connectivity index (χ1v) is 4.99. The monoisotopic (exact) mass is 249 g/mol. The molecule has 3 nitrogen and oxygen atoms in total. The van der Waals surface area contributed by atoms with Crippen LogP contribution >= 0.6 is 24.2 Å². The summed E-state index contributed by atoms with van der Waals surface area (Å²) in [5.41, 5.74) is -0.0112. The first-order valence-electron chi connectivity index (χ1n) is 4.16. The zero-order valence-electron chi connectivity index (χ0n) is 7.88. The first kappa shape index (κ1) is 12.1. The molecule has 15 heavy (non-hydrogen) atoms. The van der Waals surface area contributed by atoms with Crippen molar-refractivity contribution in [1.29, 1.82) is 0 Å². The van der Waals surface area contributed by atoms with Crippen molar-refractivity contribution >= 4 is 36.0 Å². The normalized spacial score (nSPS) is 9.87. The number of anilines is 1. The average molecular weight is 250 g/mol. The highest BCUT2D eigenvalue weighted by Crippen LogP contribution is 2.26. The Labute approximate surface area is 97.0 Å². The van der Waals surface area contributed by atoms with Crippen molar-refractivity contribution in [3.63, 3.8) is 0 Å². The summed E-state index contributed by atoms with van der Waals surface area (Å²) in [7, 11) is 0. The molecule has 1 amide bonds. The zero-order chi connectivity index (χ0) is 11.4. The molecule has 0 aliphatic carbocycles. The van der Waals surface area contributed by atoms with E-state index in [9.17, 15) is 9.18 Å².